The lowest BCUT2D eigenvalue weighted by Crippen LogP contribution is -2.59. The van der Waals surface area contributed by atoms with E-state index in [0.29, 0.717) is 6.04 Å². The van der Waals surface area contributed by atoms with Gasteiger partial charge in [0.2, 0.25) is 0 Å². The molecule has 1 heteroatoms. The summed E-state index contributed by atoms with van der Waals surface area (Å²) < 4.78 is 0. The van der Waals surface area contributed by atoms with Gasteiger partial charge in [-0.3, -0.25) is 0 Å². The molecule has 3 unspecified atom stereocenters. The molecule has 2 N–H and O–H groups in total. The molecule has 4 fully saturated rings. The highest BCUT2D eigenvalue weighted by atomic mass is 14.8. The highest BCUT2D eigenvalue weighted by Gasteiger charge is 2.53. The van der Waals surface area contributed by atoms with Crippen molar-refractivity contribution in [3.63, 3.8) is 0 Å². The van der Waals surface area contributed by atoms with Gasteiger partial charge in [-0.05, 0) is 49.4 Å². The van der Waals surface area contributed by atoms with Crippen LogP contribution in [0.5, 0.6) is 0 Å². The monoisotopic (exact) mass is 137 g/mol. The van der Waals surface area contributed by atoms with E-state index in [4.69, 9.17) is 5.73 Å². The van der Waals surface area contributed by atoms with Crippen LogP contribution in [0.1, 0.15) is 25.7 Å². The fraction of sp³-hybridized carbons (Fsp3) is 1.00. The van der Waals surface area contributed by atoms with E-state index in [1.165, 1.54) is 25.7 Å². The largest absolute Gasteiger partial charge is 0.327 e. The predicted octanol–water partition coefficient (Wildman–Crippen LogP) is 1.38. The van der Waals surface area contributed by atoms with E-state index in [2.05, 4.69) is 0 Å². The van der Waals surface area contributed by atoms with E-state index in [1.807, 2.05) is 0 Å². The fourth-order valence-corrected chi connectivity index (χ4v) is 3.34. The molecule has 3 atom stereocenters. The van der Waals surface area contributed by atoms with Gasteiger partial charge in [-0.25, -0.2) is 0 Å². The molecule has 2 bridgehead atoms. The number of rotatable bonds is 0. The lowest BCUT2D eigenvalue weighted by Gasteiger charge is -2.60. The molecule has 0 aromatic rings. The van der Waals surface area contributed by atoms with Crippen LogP contribution in [0, 0.1) is 23.7 Å². The first kappa shape index (κ1) is 5.59. The highest BCUT2D eigenvalue weighted by molar-refractivity contribution is 5.06. The second-order valence-corrected chi connectivity index (χ2v) is 4.47. The summed E-state index contributed by atoms with van der Waals surface area (Å²) in [5.74, 6) is 4.08. The second kappa shape index (κ2) is 1.58. The first-order valence-electron chi connectivity index (χ1n) is 4.62. The van der Waals surface area contributed by atoms with Gasteiger partial charge in [0, 0.05) is 6.04 Å². The Hall–Kier alpha value is -0.0400. The molecule has 4 saturated carbocycles. The van der Waals surface area contributed by atoms with Crippen molar-refractivity contribution in [2.45, 2.75) is 31.7 Å². The van der Waals surface area contributed by atoms with Gasteiger partial charge in [0.1, 0.15) is 0 Å². The van der Waals surface area contributed by atoms with Crippen LogP contribution in [0.3, 0.4) is 0 Å². The van der Waals surface area contributed by atoms with Crippen molar-refractivity contribution in [1.82, 2.24) is 0 Å². The Morgan fingerprint density at radius 3 is 2.00 bits per heavy atom. The summed E-state index contributed by atoms with van der Waals surface area (Å²) in [5.41, 5.74) is 6.10. The van der Waals surface area contributed by atoms with Gasteiger partial charge in [0.15, 0.2) is 0 Å². The van der Waals surface area contributed by atoms with E-state index in [1.54, 1.807) is 0 Å². The molecule has 4 aliphatic rings. The van der Waals surface area contributed by atoms with Gasteiger partial charge in [0.25, 0.3) is 0 Å². The predicted molar refractivity (Wildman–Crippen MR) is 40.4 cm³/mol. The molecule has 10 heavy (non-hydrogen) atoms. The minimum Gasteiger partial charge on any atom is -0.327 e. The fourth-order valence-electron chi connectivity index (χ4n) is 3.34. The third-order valence-corrected chi connectivity index (χ3v) is 4.24. The average molecular weight is 137 g/mol. The molecule has 0 spiro atoms. The van der Waals surface area contributed by atoms with Crippen LogP contribution in [0.4, 0.5) is 0 Å². The molecule has 0 aliphatic heterocycles. The quantitative estimate of drug-likeness (QED) is 0.536. The molecule has 0 heterocycles. The summed E-state index contributed by atoms with van der Waals surface area (Å²) in [6.07, 6.45) is 5.89. The molecule has 0 aromatic carbocycles. The summed E-state index contributed by atoms with van der Waals surface area (Å²) in [6.45, 7) is 0. The summed E-state index contributed by atoms with van der Waals surface area (Å²) >= 11 is 0. The molecule has 0 saturated heterocycles. The van der Waals surface area contributed by atoms with Crippen LogP contribution >= 0.6 is 0 Å². The topological polar surface area (TPSA) is 26.0 Å². The minimum absolute atomic E-state index is 0.601. The number of hydrogen-bond acceptors (Lipinski definition) is 1. The Morgan fingerprint density at radius 1 is 0.900 bits per heavy atom. The molecule has 0 aromatic heterocycles. The van der Waals surface area contributed by atoms with E-state index in [-0.39, 0.29) is 0 Å². The van der Waals surface area contributed by atoms with Crippen LogP contribution in [-0.2, 0) is 0 Å². The Balaban J connectivity index is 1.87. The first-order chi connectivity index (χ1) is 4.86. The Morgan fingerprint density at radius 2 is 1.60 bits per heavy atom. The summed E-state index contributed by atoms with van der Waals surface area (Å²) in [6, 6.07) is 0.601. The summed E-state index contributed by atoms with van der Waals surface area (Å²) in [4.78, 5) is 0. The van der Waals surface area contributed by atoms with Crippen LogP contribution in [0.2, 0.25) is 0 Å². The van der Waals surface area contributed by atoms with Crippen molar-refractivity contribution in [2.24, 2.45) is 29.4 Å². The van der Waals surface area contributed by atoms with E-state index >= 15 is 0 Å². The van der Waals surface area contributed by atoms with E-state index < -0.39 is 0 Å². The Bertz CT molecular complexity index is 145. The van der Waals surface area contributed by atoms with Crippen LogP contribution < -0.4 is 5.73 Å². The molecule has 0 amide bonds. The maximum absolute atomic E-state index is 6.10. The zero-order valence-electron chi connectivity index (χ0n) is 6.29. The number of hydrogen-bond donors (Lipinski definition) is 1. The maximum atomic E-state index is 6.10. The van der Waals surface area contributed by atoms with Gasteiger partial charge >= 0.3 is 0 Å². The number of nitrogens with two attached hydrogens (primary N) is 1. The van der Waals surface area contributed by atoms with Gasteiger partial charge in [-0.15, -0.1) is 0 Å². The van der Waals surface area contributed by atoms with Gasteiger partial charge in [-0.2, -0.15) is 0 Å². The molecule has 56 valence electrons. The lowest BCUT2D eigenvalue weighted by atomic mass is 9.47. The van der Waals surface area contributed by atoms with Crippen LogP contribution in [0.15, 0.2) is 0 Å². The van der Waals surface area contributed by atoms with Crippen molar-refractivity contribution in [3.8, 4) is 0 Å². The molecule has 4 rings (SSSR count). The van der Waals surface area contributed by atoms with Gasteiger partial charge < -0.3 is 5.73 Å². The molecule has 1 nitrogen and oxygen atoms in total. The first-order valence-corrected chi connectivity index (χ1v) is 4.62. The average Bonchev–Trinajstić information content (AvgIpc) is 1.69. The van der Waals surface area contributed by atoms with E-state index in [9.17, 15) is 0 Å². The SMILES string of the molecule is NC1C2CC(C2)C2CCC12. The third kappa shape index (κ3) is 0.460. The Labute approximate surface area is 62.0 Å². The van der Waals surface area contributed by atoms with Gasteiger partial charge in [-0.1, -0.05) is 0 Å². The smallest absolute Gasteiger partial charge is 0.00985 e. The van der Waals surface area contributed by atoms with Crippen LogP contribution in [-0.4, -0.2) is 6.04 Å². The molecular formula is C9H15N. The lowest BCUT2D eigenvalue weighted by molar-refractivity contribution is -0.0793. The minimum atomic E-state index is 0.601. The van der Waals surface area contributed by atoms with E-state index in [0.717, 1.165) is 23.7 Å². The van der Waals surface area contributed by atoms with Crippen LogP contribution in [0.25, 0.3) is 0 Å². The van der Waals surface area contributed by atoms with Crippen molar-refractivity contribution >= 4 is 0 Å². The third-order valence-electron chi connectivity index (χ3n) is 4.24. The normalized spacial score (nSPS) is 63.9. The standard InChI is InChI=1S/C9H15N/c10-9-6-3-5(4-6)7-1-2-8(7)9/h5-9H,1-4,10H2. The van der Waals surface area contributed by atoms with Crippen molar-refractivity contribution in [1.29, 1.82) is 0 Å². The van der Waals surface area contributed by atoms with Crippen molar-refractivity contribution in [3.05, 3.63) is 0 Å². The van der Waals surface area contributed by atoms with Gasteiger partial charge in [0.05, 0.1) is 0 Å². The Kier molecular flexibility index (Phi) is 0.883. The summed E-state index contributed by atoms with van der Waals surface area (Å²) in [7, 11) is 0. The highest BCUT2D eigenvalue weighted by Crippen LogP contribution is 2.58. The molecule has 4 aliphatic carbocycles. The second-order valence-electron chi connectivity index (χ2n) is 4.47. The molecule has 0 radical (unpaired) electrons. The maximum Gasteiger partial charge on any atom is 0.00985 e. The van der Waals surface area contributed by atoms with Crippen molar-refractivity contribution in [2.75, 3.05) is 0 Å². The molecular weight excluding hydrogens is 122 g/mol. The zero-order valence-corrected chi connectivity index (χ0v) is 6.29. The van der Waals surface area contributed by atoms with Crippen molar-refractivity contribution < 1.29 is 0 Å². The zero-order chi connectivity index (χ0) is 6.72. The summed E-state index contributed by atoms with van der Waals surface area (Å²) in [5, 5.41) is 0.